The van der Waals surface area contributed by atoms with Crippen molar-refractivity contribution in [2.75, 3.05) is 39.3 Å². The van der Waals surface area contributed by atoms with Gasteiger partial charge >= 0.3 is 0 Å². The van der Waals surface area contributed by atoms with Crippen LogP contribution in [0.2, 0.25) is 0 Å². The molecule has 2 aliphatic rings. The van der Waals surface area contributed by atoms with Crippen molar-refractivity contribution in [3.8, 4) is 0 Å². The Morgan fingerprint density at radius 1 is 1.19 bits per heavy atom. The van der Waals surface area contributed by atoms with E-state index < -0.39 is 10.0 Å². The first kappa shape index (κ1) is 20.8. The molecule has 152 valence electrons. The number of hydrogen-bond acceptors (Lipinski definition) is 5. The number of nitrogens with one attached hydrogen (secondary N) is 1. The number of sulfonamides is 1. The molecular weight excluding hydrogens is 382 g/mol. The molecular formula is C19H31N3O3S2. The highest BCUT2D eigenvalue weighted by Gasteiger charge is 2.32. The minimum atomic E-state index is -3.39. The number of amides is 1. The molecule has 0 atom stereocenters. The monoisotopic (exact) mass is 413 g/mol. The Kier molecular flexibility index (Phi) is 7.30. The van der Waals surface area contributed by atoms with Gasteiger partial charge in [-0.1, -0.05) is 13.0 Å². The van der Waals surface area contributed by atoms with E-state index in [-0.39, 0.29) is 11.8 Å². The minimum Gasteiger partial charge on any atom is -0.356 e. The predicted octanol–water partition coefficient (Wildman–Crippen LogP) is 2.39. The van der Waals surface area contributed by atoms with E-state index >= 15 is 0 Å². The van der Waals surface area contributed by atoms with Gasteiger partial charge in [0.2, 0.25) is 5.91 Å². The molecule has 1 aromatic rings. The van der Waals surface area contributed by atoms with Crippen molar-refractivity contribution in [1.29, 1.82) is 0 Å². The van der Waals surface area contributed by atoms with Crippen LogP contribution >= 0.6 is 11.3 Å². The zero-order chi connectivity index (χ0) is 19.3. The van der Waals surface area contributed by atoms with Crippen LogP contribution in [0.3, 0.4) is 0 Å². The summed E-state index contributed by atoms with van der Waals surface area (Å²) in [6.07, 6.45) is 4.73. The average molecular weight is 414 g/mol. The molecule has 1 N–H and O–H groups in total. The maximum Gasteiger partial charge on any atom is 0.252 e. The number of carbonyl (C=O) groups excluding carboxylic acids is 1. The van der Waals surface area contributed by atoms with Gasteiger partial charge in [-0.05, 0) is 69.1 Å². The zero-order valence-electron chi connectivity index (χ0n) is 16.1. The highest BCUT2D eigenvalue weighted by molar-refractivity contribution is 7.91. The lowest BCUT2D eigenvalue weighted by Crippen LogP contribution is -2.43. The van der Waals surface area contributed by atoms with Gasteiger partial charge in [0, 0.05) is 25.6 Å². The molecule has 0 saturated carbocycles. The first-order chi connectivity index (χ1) is 13.0. The first-order valence-electron chi connectivity index (χ1n) is 10.0. The van der Waals surface area contributed by atoms with E-state index in [0.717, 1.165) is 18.9 Å². The number of hydrogen-bond donors (Lipinski definition) is 1. The van der Waals surface area contributed by atoms with Gasteiger partial charge < -0.3 is 10.2 Å². The Morgan fingerprint density at radius 2 is 1.89 bits per heavy atom. The lowest BCUT2D eigenvalue weighted by molar-refractivity contribution is -0.126. The van der Waals surface area contributed by atoms with Crippen LogP contribution in [-0.4, -0.2) is 62.8 Å². The van der Waals surface area contributed by atoms with Crippen molar-refractivity contribution in [3.63, 3.8) is 0 Å². The molecule has 27 heavy (non-hydrogen) atoms. The zero-order valence-corrected chi connectivity index (χ0v) is 17.7. The van der Waals surface area contributed by atoms with Crippen LogP contribution in [0.25, 0.3) is 0 Å². The lowest BCUT2D eigenvalue weighted by Gasteiger charge is -2.31. The van der Waals surface area contributed by atoms with Crippen LogP contribution in [0.4, 0.5) is 0 Å². The van der Waals surface area contributed by atoms with Crippen LogP contribution in [0.5, 0.6) is 0 Å². The molecule has 0 radical (unpaired) electrons. The number of piperidine rings is 2. The van der Waals surface area contributed by atoms with Crippen molar-refractivity contribution in [2.24, 2.45) is 11.8 Å². The minimum absolute atomic E-state index is 0.0735. The van der Waals surface area contributed by atoms with Crippen molar-refractivity contribution < 1.29 is 13.2 Å². The van der Waals surface area contributed by atoms with Gasteiger partial charge in [0.05, 0.1) is 0 Å². The summed E-state index contributed by atoms with van der Waals surface area (Å²) in [5.74, 6) is 0.849. The SMILES string of the molecule is CC1CCN(CCCNC(=O)C2CCN(S(=O)(=O)c3cccs3)CC2)CC1. The predicted molar refractivity (Wildman–Crippen MR) is 108 cm³/mol. The normalized spacial score (nSPS) is 21.4. The summed E-state index contributed by atoms with van der Waals surface area (Å²) in [6, 6.07) is 3.39. The van der Waals surface area contributed by atoms with Crippen molar-refractivity contribution in [1.82, 2.24) is 14.5 Å². The molecule has 8 heteroatoms. The maximum atomic E-state index is 12.5. The van der Waals surface area contributed by atoms with Gasteiger partial charge in [0.25, 0.3) is 10.0 Å². The van der Waals surface area contributed by atoms with Crippen molar-refractivity contribution in [2.45, 2.75) is 43.2 Å². The largest absolute Gasteiger partial charge is 0.356 e. The second-order valence-corrected chi connectivity index (χ2v) is 10.9. The smallest absolute Gasteiger partial charge is 0.252 e. The number of thiophene rings is 1. The molecule has 0 unspecified atom stereocenters. The van der Waals surface area contributed by atoms with Crippen LogP contribution < -0.4 is 5.32 Å². The fourth-order valence-electron chi connectivity index (χ4n) is 3.84. The Hall–Kier alpha value is -0.960. The first-order valence-corrected chi connectivity index (χ1v) is 12.3. The molecule has 2 aliphatic heterocycles. The summed E-state index contributed by atoms with van der Waals surface area (Å²) >= 11 is 1.24. The van der Waals surface area contributed by atoms with Gasteiger partial charge in [-0.3, -0.25) is 4.79 Å². The molecule has 0 bridgehead atoms. The highest BCUT2D eigenvalue weighted by Crippen LogP contribution is 2.26. The summed E-state index contributed by atoms with van der Waals surface area (Å²) in [7, 11) is -3.39. The topological polar surface area (TPSA) is 69.7 Å². The fraction of sp³-hybridized carbons (Fsp3) is 0.737. The summed E-state index contributed by atoms with van der Waals surface area (Å²) in [5, 5.41) is 4.83. The van der Waals surface area contributed by atoms with E-state index in [4.69, 9.17) is 0 Å². The third-order valence-corrected chi connectivity index (χ3v) is 9.01. The molecule has 6 nitrogen and oxygen atoms in total. The Balaban J connectivity index is 1.35. The van der Waals surface area contributed by atoms with Crippen LogP contribution in [0.15, 0.2) is 21.7 Å². The van der Waals surface area contributed by atoms with Gasteiger partial charge in [-0.2, -0.15) is 4.31 Å². The second-order valence-electron chi connectivity index (χ2n) is 7.78. The van der Waals surface area contributed by atoms with Crippen LogP contribution in [-0.2, 0) is 14.8 Å². The van der Waals surface area contributed by atoms with Crippen molar-refractivity contribution in [3.05, 3.63) is 17.5 Å². The second kappa shape index (κ2) is 9.49. The Labute approximate surface area is 167 Å². The Morgan fingerprint density at radius 3 is 2.52 bits per heavy atom. The van der Waals surface area contributed by atoms with Gasteiger partial charge in [0.15, 0.2) is 0 Å². The molecule has 2 fully saturated rings. The average Bonchev–Trinajstić information content (AvgIpc) is 3.22. The molecule has 2 saturated heterocycles. The standard InChI is InChI=1S/C19H31N3O3S2/c1-16-5-11-21(12-6-16)10-3-9-20-19(23)17-7-13-22(14-8-17)27(24,25)18-4-2-15-26-18/h2,4,15-17H,3,5-14H2,1H3,(H,20,23). The lowest BCUT2D eigenvalue weighted by atomic mass is 9.97. The van der Waals surface area contributed by atoms with Crippen LogP contribution in [0, 0.1) is 11.8 Å². The van der Waals surface area contributed by atoms with Crippen LogP contribution in [0.1, 0.15) is 39.0 Å². The van der Waals surface area contributed by atoms with E-state index in [1.54, 1.807) is 17.5 Å². The molecule has 3 rings (SSSR count). The Bertz CT molecular complexity index is 690. The van der Waals surface area contributed by atoms with Gasteiger partial charge in [-0.25, -0.2) is 8.42 Å². The summed E-state index contributed by atoms with van der Waals surface area (Å²) in [6.45, 7) is 7.25. The molecule has 0 aliphatic carbocycles. The number of rotatable bonds is 7. The molecule has 1 amide bonds. The fourth-order valence-corrected chi connectivity index (χ4v) is 6.45. The third kappa shape index (κ3) is 5.53. The summed E-state index contributed by atoms with van der Waals surface area (Å²) < 4.78 is 27.0. The van der Waals surface area contributed by atoms with Crippen molar-refractivity contribution >= 4 is 27.3 Å². The maximum absolute atomic E-state index is 12.5. The number of nitrogens with zero attached hydrogens (tertiary/aromatic N) is 2. The molecule has 1 aromatic heterocycles. The van der Waals surface area contributed by atoms with E-state index in [1.807, 2.05) is 0 Å². The summed E-state index contributed by atoms with van der Waals surface area (Å²) in [4.78, 5) is 14.9. The van der Waals surface area contributed by atoms with Gasteiger partial charge in [0.1, 0.15) is 4.21 Å². The quantitative estimate of drug-likeness (QED) is 0.697. The molecule has 0 spiro atoms. The van der Waals surface area contributed by atoms with E-state index in [2.05, 4.69) is 17.1 Å². The number of carbonyl (C=O) groups is 1. The third-order valence-electron chi connectivity index (χ3n) is 5.74. The van der Waals surface area contributed by atoms with E-state index in [9.17, 15) is 13.2 Å². The number of likely N-dealkylation sites (tertiary alicyclic amines) is 1. The summed E-state index contributed by atoms with van der Waals surface area (Å²) in [5.41, 5.74) is 0. The van der Waals surface area contributed by atoms with E-state index in [0.29, 0.717) is 36.7 Å². The highest BCUT2D eigenvalue weighted by atomic mass is 32.2. The van der Waals surface area contributed by atoms with E-state index in [1.165, 1.54) is 41.6 Å². The van der Waals surface area contributed by atoms with Gasteiger partial charge in [-0.15, -0.1) is 11.3 Å². The molecule has 0 aromatic carbocycles. The molecule has 3 heterocycles.